The summed E-state index contributed by atoms with van der Waals surface area (Å²) < 4.78 is 10.4. The molecule has 2 rings (SSSR count). The van der Waals surface area contributed by atoms with Crippen LogP contribution in [0.5, 0.6) is 0 Å². The lowest BCUT2D eigenvalue weighted by atomic mass is 9.94. The van der Waals surface area contributed by atoms with E-state index < -0.39 is 5.60 Å². The third-order valence-electron chi connectivity index (χ3n) is 4.14. The molecule has 6 heteroatoms. The highest BCUT2D eigenvalue weighted by Gasteiger charge is 2.28. The molecule has 0 bridgehead atoms. The molecule has 1 saturated carbocycles. The largest absolute Gasteiger partial charge is 0.467 e. The summed E-state index contributed by atoms with van der Waals surface area (Å²) in [5, 5.41) is 16.1. The first kappa shape index (κ1) is 16.8. The van der Waals surface area contributed by atoms with Gasteiger partial charge in [0.15, 0.2) is 0 Å². The van der Waals surface area contributed by atoms with Crippen LogP contribution in [0.4, 0.5) is 4.79 Å². The molecular formula is C16H26N2O4. The fourth-order valence-corrected chi connectivity index (χ4v) is 2.87. The molecule has 124 valence electrons. The van der Waals surface area contributed by atoms with Crippen LogP contribution in [0, 0.1) is 0 Å². The SMILES string of the molecule is COCC(NC(=O)NCC1(O)CCCCCC1)c1ccco1. The zero-order chi connectivity index (χ0) is 15.8. The zero-order valence-corrected chi connectivity index (χ0v) is 13.1. The Morgan fingerprint density at radius 3 is 2.73 bits per heavy atom. The lowest BCUT2D eigenvalue weighted by molar-refractivity contribution is 0.0274. The van der Waals surface area contributed by atoms with Crippen LogP contribution >= 0.6 is 0 Å². The van der Waals surface area contributed by atoms with E-state index in [9.17, 15) is 9.90 Å². The second kappa shape index (κ2) is 8.19. The fraction of sp³-hybridized carbons (Fsp3) is 0.688. The molecule has 22 heavy (non-hydrogen) atoms. The van der Waals surface area contributed by atoms with Crippen molar-refractivity contribution in [2.45, 2.75) is 50.2 Å². The van der Waals surface area contributed by atoms with Crippen LogP contribution in [-0.4, -0.2) is 37.0 Å². The van der Waals surface area contributed by atoms with Gasteiger partial charge >= 0.3 is 6.03 Å². The van der Waals surface area contributed by atoms with Crippen molar-refractivity contribution in [1.82, 2.24) is 10.6 Å². The van der Waals surface area contributed by atoms with E-state index in [0.29, 0.717) is 12.4 Å². The highest BCUT2D eigenvalue weighted by molar-refractivity contribution is 5.74. The number of nitrogens with one attached hydrogen (secondary N) is 2. The van der Waals surface area contributed by atoms with Gasteiger partial charge in [-0.15, -0.1) is 0 Å². The number of hydrogen-bond acceptors (Lipinski definition) is 4. The van der Waals surface area contributed by atoms with Crippen LogP contribution in [0.15, 0.2) is 22.8 Å². The summed E-state index contributed by atoms with van der Waals surface area (Å²) in [4.78, 5) is 12.1. The Morgan fingerprint density at radius 1 is 1.41 bits per heavy atom. The number of methoxy groups -OCH3 is 1. The summed E-state index contributed by atoms with van der Waals surface area (Å²) in [6.07, 6.45) is 7.38. The first-order valence-corrected chi connectivity index (χ1v) is 7.92. The summed E-state index contributed by atoms with van der Waals surface area (Å²) in [5.41, 5.74) is -0.782. The van der Waals surface area contributed by atoms with Crippen LogP contribution in [0.25, 0.3) is 0 Å². The van der Waals surface area contributed by atoms with E-state index >= 15 is 0 Å². The van der Waals surface area contributed by atoms with Gasteiger partial charge in [0.1, 0.15) is 11.8 Å². The predicted octanol–water partition coefficient (Wildman–Crippen LogP) is 2.35. The number of hydrogen-bond donors (Lipinski definition) is 3. The minimum atomic E-state index is -0.782. The Hall–Kier alpha value is -1.53. The van der Waals surface area contributed by atoms with E-state index in [4.69, 9.17) is 9.15 Å². The summed E-state index contributed by atoms with van der Waals surface area (Å²) >= 11 is 0. The number of carbonyl (C=O) groups excluding carboxylic acids is 1. The highest BCUT2D eigenvalue weighted by atomic mass is 16.5. The smallest absolute Gasteiger partial charge is 0.315 e. The molecule has 1 atom stereocenters. The fourth-order valence-electron chi connectivity index (χ4n) is 2.87. The van der Waals surface area contributed by atoms with E-state index in [1.165, 1.54) is 0 Å². The molecule has 0 spiro atoms. The molecule has 1 aliphatic rings. The average molecular weight is 310 g/mol. The molecule has 6 nitrogen and oxygen atoms in total. The third kappa shape index (κ3) is 5.03. The molecule has 0 aromatic carbocycles. The van der Waals surface area contributed by atoms with Gasteiger partial charge in [0, 0.05) is 13.7 Å². The normalized spacial score (nSPS) is 19.2. The first-order chi connectivity index (χ1) is 10.6. The lowest BCUT2D eigenvalue weighted by Crippen LogP contribution is -2.47. The van der Waals surface area contributed by atoms with Crippen LogP contribution in [-0.2, 0) is 4.74 Å². The quantitative estimate of drug-likeness (QED) is 0.704. The summed E-state index contributed by atoms with van der Waals surface area (Å²) in [5.74, 6) is 0.644. The molecule has 1 unspecified atom stereocenters. The Labute approximate surface area is 131 Å². The summed E-state index contributed by atoms with van der Waals surface area (Å²) in [7, 11) is 1.57. The molecule has 1 heterocycles. The third-order valence-corrected chi connectivity index (χ3v) is 4.14. The van der Waals surface area contributed by atoms with E-state index in [1.807, 2.05) is 0 Å². The lowest BCUT2D eigenvalue weighted by Gasteiger charge is -2.27. The summed E-state index contributed by atoms with van der Waals surface area (Å²) in [6.45, 7) is 0.599. The Bertz CT molecular complexity index is 439. The molecule has 0 saturated heterocycles. The van der Waals surface area contributed by atoms with Gasteiger partial charge in [0.05, 0.1) is 18.5 Å². The Balaban J connectivity index is 1.83. The Morgan fingerprint density at radius 2 is 2.14 bits per heavy atom. The predicted molar refractivity (Wildman–Crippen MR) is 82.5 cm³/mol. The molecular weight excluding hydrogens is 284 g/mol. The van der Waals surface area contributed by atoms with Gasteiger partial charge in [-0.1, -0.05) is 25.7 Å². The maximum Gasteiger partial charge on any atom is 0.315 e. The van der Waals surface area contributed by atoms with Crippen LogP contribution in [0.2, 0.25) is 0 Å². The molecule has 1 aromatic heterocycles. The van der Waals surface area contributed by atoms with E-state index in [0.717, 1.165) is 38.5 Å². The van der Waals surface area contributed by atoms with Crippen molar-refractivity contribution >= 4 is 6.03 Å². The number of aliphatic hydroxyl groups is 1. The molecule has 0 radical (unpaired) electrons. The van der Waals surface area contributed by atoms with Gasteiger partial charge in [0.2, 0.25) is 0 Å². The highest BCUT2D eigenvalue weighted by Crippen LogP contribution is 2.26. The second-order valence-corrected chi connectivity index (χ2v) is 5.99. The van der Waals surface area contributed by atoms with Gasteiger partial charge in [-0.2, -0.15) is 0 Å². The molecule has 1 aromatic rings. The van der Waals surface area contributed by atoms with Gasteiger partial charge in [0.25, 0.3) is 0 Å². The van der Waals surface area contributed by atoms with Crippen LogP contribution in [0.3, 0.4) is 0 Å². The average Bonchev–Trinajstić information content (AvgIpc) is 2.95. The number of furan rings is 1. The maximum atomic E-state index is 12.1. The van der Waals surface area contributed by atoms with Crippen molar-refractivity contribution in [1.29, 1.82) is 0 Å². The van der Waals surface area contributed by atoms with E-state index in [1.54, 1.807) is 25.5 Å². The maximum absolute atomic E-state index is 12.1. The molecule has 1 fully saturated rings. The molecule has 3 N–H and O–H groups in total. The van der Waals surface area contributed by atoms with Crippen LogP contribution < -0.4 is 10.6 Å². The molecule has 1 aliphatic carbocycles. The van der Waals surface area contributed by atoms with E-state index in [-0.39, 0.29) is 18.6 Å². The van der Waals surface area contributed by atoms with Gasteiger partial charge in [-0.05, 0) is 25.0 Å². The van der Waals surface area contributed by atoms with Gasteiger partial charge in [-0.25, -0.2) is 4.79 Å². The number of ether oxygens (including phenoxy) is 1. The monoisotopic (exact) mass is 310 g/mol. The van der Waals surface area contributed by atoms with Crippen LogP contribution in [0.1, 0.15) is 50.3 Å². The van der Waals surface area contributed by atoms with Crippen molar-refractivity contribution in [2.75, 3.05) is 20.3 Å². The molecule has 2 amide bonds. The van der Waals surface area contributed by atoms with Crippen molar-refractivity contribution in [3.63, 3.8) is 0 Å². The van der Waals surface area contributed by atoms with Gasteiger partial charge < -0.3 is 24.9 Å². The number of amides is 2. The Kier molecular flexibility index (Phi) is 6.27. The zero-order valence-electron chi connectivity index (χ0n) is 13.1. The minimum Gasteiger partial charge on any atom is -0.467 e. The van der Waals surface area contributed by atoms with Crippen molar-refractivity contribution in [2.24, 2.45) is 0 Å². The first-order valence-electron chi connectivity index (χ1n) is 7.92. The van der Waals surface area contributed by atoms with Crippen molar-refractivity contribution in [3.05, 3.63) is 24.2 Å². The number of rotatable bonds is 6. The van der Waals surface area contributed by atoms with E-state index in [2.05, 4.69) is 10.6 Å². The minimum absolute atomic E-state index is 0.274. The van der Waals surface area contributed by atoms with Crippen molar-refractivity contribution < 1.29 is 19.1 Å². The topological polar surface area (TPSA) is 83.7 Å². The summed E-state index contributed by atoms with van der Waals surface area (Å²) in [6, 6.07) is 2.90. The number of urea groups is 1. The standard InChI is InChI=1S/C16H26N2O4/c1-21-11-13(14-7-6-10-22-14)18-15(19)17-12-16(20)8-4-2-3-5-9-16/h6-7,10,13,20H,2-5,8-9,11-12H2,1H3,(H2,17,18,19). The second-order valence-electron chi connectivity index (χ2n) is 5.99. The molecule has 0 aliphatic heterocycles. The number of carbonyl (C=O) groups is 1. The van der Waals surface area contributed by atoms with Gasteiger partial charge in [-0.3, -0.25) is 0 Å². The van der Waals surface area contributed by atoms with Crippen molar-refractivity contribution in [3.8, 4) is 0 Å².